The van der Waals surface area contributed by atoms with Crippen LogP contribution < -0.4 is 14.2 Å². The van der Waals surface area contributed by atoms with Crippen LogP contribution in [0.1, 0.15) is 10.4 Å². The van der Waals surface area contributed by atoms with Crippen molar-refractivity contribution in [3.05, 3.63) is 50.5 Å². The first kappa shape index (κ1) is 16.7. The molecule has 0 radical (unpaired) electrons. The predicted octanol–water partition coefficient (Wildman–Crippen LogP) is 4.97. The topological polar surface area (TPSA) is 76.5 Å². The first-order chi connectivity index (χ1) is 11.2. The van der Waals surface area contributed by atoms with E-state index < -0.39 is 0 Å². The molecule has 0 saturated heterocycles. The number of rotatable bonds is 7. The predicted molar refractivity (Wildman–Crippen MR) is 92.0 cm³/mol. The van der Waals surface area contributed by atoms with Crippen molar-refractivity contribution in [2.24, 2.45) is 5.11 Å². The van der Waals surface area contributed by atoms with E-state index >= 15 is 0 Å². The van der Waals surface area contributed by atoms with Crippen molar-refractivity contribution in [1.82, 2.24) is 0 Å². The van der Waals surface area contributed by atoms with Gasteiger partial charge in [0.2, 0.25) is 5.75 Å². The lowest BCUT2D eigenvalue weighted by molar-refractivity contribution is 0.324. The maximum atomic E-state index is 8.53. The first-order valence-electron chi connectivity index (χ1n) is 6.81. The van der Waals surface area contributed by atoms with Crippen LogP contribution in [0.15, 0.2) is 34.8 Å². The lowest BCUT2D eigenvalue weighted by atomic mass is 10.1. The molecule has 0 saturated carbocycles. The van der Waals surface area contributed by atoms with Crippen LogP contribution in [0.5, 0.6) is 17.2 Å². The van der Waals surface area contributed by atoms with Crippen LogP contribution >= 0.6 is 11.3 Å². The molecule has 0 N–H and O–H groups in total. The molecule has 2 aromatic rings. The molecule has 0 atom stereocenters. The highest BCUT2D eigenvalue weighted by Crippen LogP contribution is 2.38. The van der Waals surface area contributed by atoms with Gasteiger partial charge in [-0.25, -0.2) is 0 Å². The van der Waals surface area contributed by atoms with Crippen LogP contribution in [-0.4, -0.2) is 21.3 Å². The Morgan fingerprint density at radius 1 is 1.17 bits per heavy atom. The Hall–Kier alpha value is -2.63. The molecule has 0 aliphatic heterocycles. The molecule has 2 rings (SSSR count). The monoisotopic (exact) mass is 331 g/mol. The number of hydrogen-bond donors (Lipinski definition) is 0. The number of azide groups is 1. The molecule has 0 aliphatic rings. The quantitative estimate of drug-likeness (QED) is 0.408. The summed E-state index contributed by atoms with van der Waals surface area (Å²) >= 11 is 1.52. The van der Waals surface area contributed by atoms with Crippen molar-refractivity contribution >= 4 is 23.1 Å². The van der Waals surface area contributed by atoms with Gasteiger partial charge in [-0.05, 0) is 47.2 Å². The zero-order chi connectivity index (χ0) is 16.7. The molecule has 0 amide bonds. The first-order valence-corrected chi connectivity index (χ1v) is 7.69. The number of allylic oxidation sites excluding steroid dienone is 1. The van der Waals surface area contributed by atoms with Gasteiger partial charge in [0, 0.05) is 9.79 Å². The Bertz CT molecular complexity index is 724. The van der Waals surface area contributed by atoms with Crippen molar-refractivity contribution in [3.8, 4) is 17.2 Å². The number of hydrogen-bond acceptors (Lipinski definition) is 5. The van der Waals surface area contributed by atoms with E-state index in [1.807, 2.05) is 29.7 Å². The van der Waals surface area contributed by atoms with Crippen molar-refractivity contribution in [3.63, 3.8) is 0 Å². The van der Waals surface area contributed by atoms with Crippen LogP contribution in [0, 0.1) is 0 Å². The Morgan fingerprint density at radius 3 is 2.43 bits per heavy atom. The number of methoxy groups -OCH3 is 3. The van der Waals surface area contributed by atoms with Gasteiger partial charge in [0.25, 0.3) is 0 Å². The molecule has 120 valence electrons. The molecule has 1 aromatic heterocycles. The summed E-state index contributed by atoms with van der Waals surface area (Å²) in [6.45, 7) is 0. The summed E-state index contributed by atoms with van der Waals surface area (Å²) in [5, 5.41) is 5.54. The van der Waals surface area contributed by atoms with Crippen molar-refractivity contribution in [1.29, 1.82) is 0 Å². The Kier molecular flexibility index (Phi) is 5.91. The van der Waals surface area contributed by atoms with Crippen molar-refractivity contribution in [2.75, 3.05) is 21.3 Å². The molecular formula is C16H17N3O3S. The van der Waals surface area contributed by atoms with E-state index in [1.165, 1.54) is 11.3 Å². The number of nitrogens with zero attached hydrogens (tertiary/aromatic N) is 3. The van der Waals surface area contributed by atoms with Gasteiger partial charge in [0.1, 0.15) is 0 Å². The van der Waals surface area contributed by atoms with E-state index in [0.29, 0.717) is 29.4 Å². The lowest BCUT2D eigenvalue weighted by Gasteiger charge is -2.13. The van der Waals surface area contributed by atoms with Crippen LogP contribution in [0.25, 0.3) is 16.5 Å². The maximum Gasteiger partial charge on any atom is 0.203 e. The van der Waals surface area contributed by atoms with Gasteiger partial charge in [-0.1, -0.05) is 11.2 Å². The molecule has 1 heterocycles. The van der Waals surface area contributed by atoms with Crippen LogP contribution in [-0.2, 0) is 6.42 Å². The molecule has 0 unspecified atom stereocenters. The summed E-state index contributed by atoms with van der Waals surface area (Å²) in [4.78, 5) is 3.75. The third-order valence-corrected chi connectivity index (χ3v) is 4.04. The van der Waals surface area contributed by atoms with E-state index in [-0.39, 0.29) is 0 Å². The summed E-state index contributed by atoms with van der Waals surface area (Å²) in [6, 6.07) is 5.62. The van der Waals surface area contributed by atoms with Crippen molar-refractivity contribution in [2.45, 2.75) is 6.42 Å². The summed E-state index contributed by atoms with van der Waals surface area (Å²) in [6.07, 6.45) is 4.63. The van der Waals surface area contributed by atoms with Crippen LogP contribution in [0.3, 0.4) is 0 Å². The average Bonchev–Trinajstić information content (AvgIpc) is 3.01. The molecule has 6 nitrogen and oxygen atoms in total. The van der Waals surface area contributed by atoms with Gasteiger partial charge in [0.05, 0.1) is 27.0 Å². The Balaban J connectivity index is 2.21. The lowest BCUT2D eigenvalue weighted by Crippen LogP contribution is -1.96. The van der Waals surface area contributed by atoms with E-state index in [4.69, 9.17) is 19.7 Å². The summed E-state index contributed by atoms with van der Waals surface area (Å²) in [5.41, 5.74) is 10.2. The van der Waals surface area contributed by atoms with Gasteiger partial charge >= 0.3 is 0 Å². The minimum absolute atomic E-state index is 0.576. The highest BCUT2D eigenvalue weighted by atomic mass is 32.1. The molecule has 0 spiro atoms. The Morgan fingerprint density at radius 2 is 1.87 bits per heavy atom. The van der Waals surface area contributed by atoms with Gasteiger partial charge in [0.15, 0.2) is 11.5 Å². The van der Waals surface area contributed by atoms with Crippen LogP contribution in [0.2, 0.25) is 0 Å². The number of thiophene rings is 1. The second kappa shape index (κ2) is 8.12. The normalized spacial score (nSPS) is 10.4. The highest BCUT2D eigenvalue weighted by molar-refractivity contribution is 7.11. The van der Waals surface area contributed by atoms with E-state index in [1.54, 1.807) is 27.4 Å². The van der Waals surface area contributed by atoms with Gasteiger partial charge in [-0.15, -0.1) is 11.3 Å². The number of ether oxygens (including phenoxy) is 3. The largest absolute Gasteiger partial charge is 0.493 e. The highest BCUT2D eigenvalue weighted by Gasteiger charge is 2.12. The smallest absolute Gasteiger partial charge is 0.203 e. The van der Waals surface area contributed by atoms with Gasteiger partial charge in [-0.3, -0.25) is 0 Å². The van der Waals surface area contributed by atoms with E-state index in [2.05, 4.69) is 10.0 Å². The standard InChI is InChI=1S/C16H17N3O3S/c1-20-13-9-11(10-14(21-2)16(13)22-3)5-4-6-15-12(18-19-17)7-8-23-15/h4,6-10H,5H2,1-3H3/b6-4+. The average molecular weight is 331 g/mol. The van der Waals surface area contributed by atoms with E-state index in [9.17, 15) is 0 Å². The molecular weight excluding hydrogens is 314 g/mol. The fraction of sp³-hybridized carbons (Fsp3) is 0.250. The minimum atomic E-state index is 0.576. The molecule has 0 aliphatic carbocycles. The third kappa shape index (κ3) is 3.97. The number of benzene rings is 1. The summed E-state index contributed by atoms with van der Waals surface area (Å²) in [5.74, 6) is 1.83. The summed E-state index contributed by atoms with van der Waals surface area (Å²) < 4.78 is 16.0. The van der Waals surface area contributed by atoms with Crippen LogP contribution in [0.4, 0.5) is 5.69 Å². The zero-order valence-electron chi connectivity index (χ0n) is 13.1. The summed E-state index contributed by atoms with van der Waals surface area (Å²) in [7, 11) is 4.76. The third-order valence-electron chi connectivity index (χ3n) is 3.17. The van der Waals surface area contributed by atoms with Crippen molar-refractivity contribution < 1.29 is 14.2 Å². The fourth-order valence-corrected chi connectivity index (χ4v) is 2.87. The SMILES string of the molecule is COc1cc(C/C=C/c2sccc2N=[N+]=[N-])cc(OC)c1OC. The van der Waals surface area contributed by atoms with E-state index in [0.717, 1.165) is 10.4 Å². The zero-order valence-corrected chi connectivity index (χ0v) is 14.0. The van der Waals surface area contributed by atoms with Gasteiger partial charge < -0.3 is 14.2 Å². The van der Waals surface area contributed by atoms with Gasteiger partial charge in [-0.2, -0.15) is 0 Å². The second-order valence-electron chi connectivity index (χ2n) is 4.50. The fourth-order valence-electron chi connectivity index (χ4n) is 2.13. The molecule has 23 heavy (non-hydrogen) atoms. The second-order valence-corrected chi connectivity index (χ2v) is 5.45. The molecule has 0 fully saturated rings. The maximum absolute atomic E-state index is 8.53. The Labute approximate surface area is 138 Å². The molecule has 1 aromatic carbocycles. The minimum Gasteiger partial charge on any atom is -0.493 e. The molecule has 7 heteroatoms. The molecule has 0 bridgehead atoms.